The number of benzene rings is 1. The van der Waals surface area contributed by atoms with Gasteiger partial charge in [-0.25, -0.2) is 0 Å². The van der Waals surface area contributed by atoms with Crippen LogP contribution in [0.1, 0.15) is 25.0 Å². The first-order valence-corrected chi connectivity index (χ1v) is 6.44. The molecule has 2 rings (SSSR count). The molecule has 0 spiro atoms. The third-order valence-electron chi connectivity index (χ3n) is 3.93. The van der Waals surface area contributed by atoms with Crippen molar-refractivity contribution in [1.29, 1.82) is 5.26 Å². The van der Waals surface area contributed by atoms with E-state index >= 15 is 0 Å². The maximum absolute atomic E-state index is 9.12. The molecule has 0 radical (unpaired) electrons. The molecule has 1 aliphatic heterocycles. The Bertz CT molecular complexity index is 459. The number of rotatable bonds is 2. The fraction of sp³-hybridized carbons (Fsp3) is 0.533. The molecule has 0 aliphatic carbocycles. The molecule has 0 bridgehead atoms. The fourth-order valence-electron chi connectivity index (χ4n) is 2.48. The zero-order chi connectivity index (χ0) is 13.2. The minimum Gasteiger partial charge on any atom is -0.299 e. The zero-order valence-corrected chi connectivity index (χ0v) is 11.5. The van der Waals surface area contributed by atoms with Crippen molar-refractivity contribution in [1.82, 2.24) is 9.80 Å². The number of nitriles is 1. The van der Waals surface area contributed by atoms with Crippen LogP contribution in [0.15, 0.2) is 24.3 Å². The van der Waals surface area contributed by atoms with Gasteiger partial charge in [0, 0.05) is 31.7 Å². The van der Waals surface area contributed by atoms with Crippen molar-refractivity contribution >= 4 is 0 Å². The lowest BCUT2D eigenvalue weighted by Crippen LogP contribution is -2.57. The van der Waals surface area contributed by atoms with E-state index in [2.05, 4.69) is 42.8 Å². The van der Waals surface area contributed by atoms with Crippen molar-refractivity contribution in [2.45, 2.75) is 25.9 Å². The molecule has 1 saturated heterocycles. The Morgan fingerprint density at radius 2 is 2.00 bits per heavy atom. The smallest absolute Gasteiger partial charge is 0.0995 e. The van der Waals surface area contributed by atoms with E-state index in [0.29, 0.717) is 0 Å². The van der Waals surface area contributed by atoms with Crippen LogP contribution in [0.3, 0.4) is 0 Å². The summed E-state index contributed by atoms with van der Waals surface area (Å²) in [6, 6.07) is 10.2. The van der Waals surface area contributed by atoms with Crippen LogP contribution < -0.4 is 0 Å². The molecule has 1 fully saturated rings. The van der Waals surface area contributed by atoms with Crippen LogP contribution in [0.4, 0.5) is 0 Å². The quantitative estimate of drug-likeness (QED) is 0.796. The van der Waals surface area contributed by atoms with Crippen LogP contribution in [0.2, 0.25) is 0 Å². The molecule has 1 heterocycles. The molecule has 96 valence electrons. The molecule has 0 N–H and O–H groups in total. The van der Waals surface area contributed by atoms with E-state index in [0.717, 1.165) is 37.3 Å². The molecule has 0 unspecified atom stereocenters. The summed E-state index contributed by atoms with van der Waals surface area (Å²) < 4.78 is 0. The first kappa shape index (κ1) is 13.1. The third kappa shape index (κ3) is 2.72. The highest BCUT2D eigenvalue weighted by Gasteiger charge is 2.30. The summed E-state index contributed by atoms with van der Waals surface area (Å²) in [5.41, 5.74) is 2.15. The van der Waals surface area contributed by atoms with E-state index in [9.17, 15) is 0 Å². The van der Waals surface area contributed by atoms with Crippen molar-refractivity contribution in [3.63, 3.8) is 0 Å². The Morgan fingerprint density at radius 3 is 2.67 bits per heavy atom. The fourth-order valence-corrected chi connectivity index (χ4v) is 2.48. The lowest BCUT2D eigenvalue weighted by Gasteiger charge is -2.45. The van der Waals surface area contributed by atoms with Crippen LogP contribution in [-0.4, -0.2) is 42.0 Å². The first-order chi connectivity index (χ1) is 8.53. The standard InChI is InChI=1S/C15H21N3/c1-15(2)12-18(9-8-17(15)3)11-14-7-5-4-6-13(14)10-16/h4-7H,8-9,11-12H2,1-3H3. The van der Waals surface area contributed by atoms with Crippen LogP contribution in [0, 0.1) is 11.3 Å². The maximum Gasteiger partial charge on any atom is 0.0995 e. The van der Waals surface area contributed by atoms with E-state index in [1.54, 1.807) is 0 Å². The first-order valence-electron chi connectivity index (χ1n) is 6.44. The molecule has 3 heteroatoms. The summed E-state index contributed by atoms with van der Waals surface area (Å²) in [5, 5.41) is 9.12. The topological polar surface area (TPSA) is 30.3 Å². The maximum atomic E-state index is 9.12. The molecule has 0 saturated carbocycles. The Balaban J connectivity index is 2.09. The largest absolute Gasteiger partial charge is 0.299 e. The highest BCUT2D eigenvalue weighted by Crippen LogP contribution is 2.21. The Hall–Kier alpha value is -1.37. The number of hydrogen-bond donors (Lipinski definition) is 0. The number of nitrogens with zero attached hydrogens (tertiary/aromatic N) is 3. The molecule has 0 atom stereocenters. The van der Waals surface area contributed by atoms with Crippen LogP contribution in [0.5, 0.6) is 0 Å². The minimum absolute atomic E-state index is 0.208. The second-order valence-corrected chi connectivity index (χ2v) is 5.71. The van der Waals surface area contributed by atoms with Gasteiger partial charge in [0.1, 0.15) is 0 Å². The highest BCUT2D eigenvalue weighted by atomic mass is 15.3. The van der Waals surface area contributed by atoms with Gasteiger partial charge in [0.25, 0.3) is 0 Å². The average Bonchev–Trinajstić information content (AvgIpc) is 2.34. The van der Waals surface area contributed by atoms with E-state index in [1.807, 2.05) is 18.2 Å². The Kier molecular flexibility index (Phi) is 3.70. The minimum atomic E-state index is 0.208. The van der Waals surface area contributed by atoms with Gasteiger partial charge in [-0.15, -0.1) is 0 Å². The predicted molar refractivity (Wildman–Crippen MR) is 73.1 cm³/mol. The molecule has 0 aromatic heterocycles. The zero-order valence-electron chi connectivity index (χ0n) is 11.5. The van der Waals surface area contributed by atoms with E-state index < -0.39 is 0 Å². The molecular weight excluding hydrogens is 222 g/mol. The van der Waals surface area contributed by atoms with Crippen molar-refractivity contribution in [3.05, 3.63) is 35.4 Å². The van der Waals surface area contributed by atoms with Gasteiger partial charge in [-0.1, -0.05) is 18.2 Å². The number of likely N-dealkylation sites (N-methyl/N-ethyl adjacent to an activating group) is 1. The van der Waals surface area contributed by atoms with Gasteiger partial charge in [-0.3, -0.25) is 9.80 Å². The number of hydrogen-bond acceptors (Lipinski definition) is 3. The summed E-state index contributed by atoms with van der Waals surface area (Å²) in [4.78, 5) is 4.84. The highest BCUT2D eigenvalue weighted by molar-refractivity contribution is 5.37. The lowest BCUT2D eigenvalue weighted by molar-refractivity contribution is 0.0360. The van der Waals surface area contributed by atoms with Crippen molar-refractivity contribution in [2.24, 2.45) is 0 Å². The van der Waals surface area contributed by atoms with Crippen LogP contribution in [0.25, 0.3) is 0 Å². The van der Waals surface area contributed by atoms with Crippen molar-refractivity contribution < 1.29 is 0 Å². The lowest BCUT2D eigenvalue weighted by atomic mass is 9.98. The monoisotopic (exact) mass is 243 g/mol. The molecule has 1 aliphatic rings. The van der Waals surface area contributed by atoms with Gasteiger partial charge in [0.2, 0.25) is 0 Å². The third-order valence-corrected chi connectivity index (χ3v) is 3.93. The molecular formula is C15H21N3. The van der Waals surface area contributed by atoms with Gasteiger partial charge in [-0.05, 0) is 32.5 Å². The molecule has 1 aromatic rings. The van der Waals surface area contributed by atoms with Gasteiger partial charge in [0.05, 0.1) is 11.6 Å². The summed E-state index contributed by atoms with van der Waals surface area (Å²) in [6.07, 6.45) is 0. The van der Waals surface area contributed by atoms with E-state index in [4.69, 9.17) is 5.26 Å². The number of piperazine rings is 1. The second-order valence-electron chi connectivity index (χ2n) is 5.71. The molecule has 3 nitrogen and oxygen atoms in total. The van der Waals surface area contributed by atoms with Crippen LogP contribution >= 0.6 is 0 Å². The molecule has 1 aromatic carbocycles. The summed E-state index contributed by atoms with van der Waals surface area (Å²) >= 11 is 0. The van der Waals surface area contributed by atoms with E-state index in [1.165, 1.54) is 0 Å². The van der Waals surface area contributed by atoms with Gasteiger partial charge in [0.15, 0.2) is 0 Å². The van der Waals surface area contributed by atoms with E-state index in [-0.39, 0.29) is 5.54 Å². The molecule has 18 heavy (non-hydrogen) atoms. The van der Waals surface area contributed by atoms with Crippen molar-refractivity contribution in [2.75, 3.05) is 26.7 Å². The summed E-state index contributed by atoms with van der Waals surface area (Å²) in [6.45, 7) is 8.62. The Morgan fingerprint density at radius 1 is 1.28 bits per heavy atom. The van der Waals surface area contributed by atoms with Crippen molar-refractivity contribution in [3.8, 4) is 6.07 Å². The summed E-state index contributed by atoms with van der Waals surface area (Å²) in [7, 11) is 2.18. The second kappa shape index (κ2) is 5.09. The predicted octanol–water partition coefficient (Wildman–Crippen LogP) is 2.08. The van der Waals surface area contributed by atoms with Gasteiger partial charge >= 0.3 is 0 Å². The molecule has 0 amide bonds. The average molecular weight is 243 g/mol. The van der Waals surface area contributed by atoms with Gasteiger partial charge in [-0.2, -0.15) is 5.26 Å². The van der Waals surface area contributed by atoms with Gasteiger partial charge < -0.3 is 0 Å². The summed E-state index contributed by atoms with van der Waals surface area (Å²) in [5.74, 6) is 0. The SMILES string of the molecule is CN1CCN(Cc2ccccc2C#N)CC1(C)C. The Labute approximate surface area is 110 Å². The van der Waals surface area contributed by atoms with Crippen LogP contribution in [-0.2, 0) is 6.54 Å². The normalized spacial score (nSPS) is 20.6.